The van der Waals surface area contributed by atoms with Crippen LogP contribution in [0.5, 0.6) is 0 Å². The highest BCUT2D eigenvalue weighted by atomic mass is 16.6. The summed E-state index contributed by atoms with van der Waals surface area (Å²) in [5, 5.41) is 0. The van der Waals surface area contributed by atoms with Gasteiger partial charge in [0.05, 0.1) is 0 Å². The maximum atomic E-state index is 10.9. The van der Waals surface area contributed by atoms with Crippen LogP contribution in [0.4, 0.5) is 0 Å². The van der Waals surface area contributed by atoms with Crippen molar-refractivity contribution < 1.29 is 9.53 Å². The molecule has 1 aliphatic carbocycles. The molecule has 1 atom stereocenters. The van der Waals surface area contributed by atoms with Gasteiger partial charge in [0.2, 0.25) is 0 Å². The molecular formula is C13H23NO2. The van der Waals surface area contributed by atoms with Gasteiger partial charge in [0.25, 0.3) is 0 Å². The van der Waals surface area contributed by atoms with Gasteiger partial charge in [-0.15, -0.1) is 0 Å². The first-order chi connectivity index (χ1) is 7.48. The largest absolute Gasteiger partial charge is 0.446 e. The Labute approximate surface area is 98.1 Å². The van der Waals surface area contributed by atoms with Crippen LogP contribution in [-0.4, -0.2) is 29.7 Å². The molecule has 2 aliphatic rings. The molecule has 0 N–H and O–H groups in total. The Hall–Kier alpha value is -0.570. The van der Waals surface area contributed by atoms with Gasteiger partial charge in [-0.1, -0.05) is 13.8 Å². The van der Waals surface area contributed by atoms with E-state index in [1.807, 2.05) is 0 Å². The first-order valence-corrected chi connectivity index (χ1v) is 6.41. The summed E-state index contributed by atoms with van der Waals surface area (Å²) in [6, 6.07) is 0.645. The number of likely N-dealkylation sites (tertiary alicyclic amines) is 1. The molecule has 0 amide bonds. The Kier molecular flexibility index (Phi) is 3.24. The average Bonchev–Trinajstić information content (AvgIpc) is 2.16. The van der Waals surface area contributed by atoms with E-state index in [9.17, 15) is 4.79 Å². The zero-order valence-corrected chi connectivity index (χ0v) is 10.7. The van der Waals surface area contributed by atoms with Crippen LogP contribution in [0.1, 0.15) is 52.9 Å². The first kappa shape index (κ1) is 11.9. The van der Waals surface area contributed by atoms with Gasteiger partial charge < -0.3 is 4.74 Å². The second-order valence-electron chi connectivity index (χ2n) is 5.99. The quantitative estimate of drug-likeness (QED) is 0.676. The van der Waals surface area contributed by atoms with Crippen LogP contribution in [0, 0.1) is 5.41 Å². The Morgan fingerprint density at radius 1 is 1.25 bits per heavy atom. The fraction of sp³-hybridized carbons (Fsp3) is 0.923. The van der Waals surface area contributed by atoms with E-state index in [0.717, 1.165) is 13.0 Å². The summed E-state index contributed by atoms with van der Waals surface area (Å²) in [5.41, 5.74) is 0.512. The van der Waals surface area contributed by atoms with Crippen molar-refractivity contribution in [3.05, 3.63) is 0 Å². The normalized spacial score (nSPS) is 30.8. The minimum absolute atomic E-state index is 0.0729. The molecule has 1 saturated heterocycles. The fourth-order valence-electron chi connectivity index (χ4n) is 2.84. The van der Waals surface area contributed by atoms with Crippen LogP contribution in [0.25, 0.3) is 0 Å². The molecule has 0 aromatic rings. The van der Waals surface area contributed by atoms with E-state index < -0.39 is 0 Å². The van der Waals surface area contributed by atoms with Gasteiger partial charge in [-0.25, -0.2) is 0 Å². The summed E-state index contributed by atoms with van der Waals surface area (Å²) >= 11 is 0. The minimum atomic E-state index is -0.147. The van der Waals surface area contributed by atoms with Crippen LogP contribution in [0.15, 0.2) is 0 Å². The maximum absolute atomic E-state index is 10.9. The second-order valence-corrected chi connectivity index (χ2v) is 5.99. The van der Waals surface area contributed by atoms with Gasteiger partial charge in [-0.05, 0) is 31.1 Å². The summed E-state index contributed by atoms with van der Waals surface area (Å²) in [7, 11) is 0. The molecule has 3 heteroatoms. The van der Waals surface area contributed by atoms with Gasteiger partial charge in [0.1, 0.15) is 0 Å². The topological polar surface area (TPSA) is 29.5 Å². The Balaban J connectivity index is 1.83. The van der Waals surface area contributed by atoms with Crippen LogP contribution in [0.2, 0.25) is 0 Å². The molecule has 0 aromatic carbocycles. The van der Waals surface area contributed by atoms with Crippen molar-refractivity contribution in [1.29, 1.82) is 0 Å². The molecule has 1 aliphatic heterocycles. The smallest absolute Gasteiger partial charge is 0.304 e. The van der Waals surface area contributed by atoms with E-state index in [1.165, 1.54) is 32.6 Å². The van der Waals surface area contributed by atoms with E-state index in [2.05, 4.69) is 18.7 Å². The highest BCUT2D eigenvalue weighted by Gasteiger charge is 2.39. The highest BCUT2D eigenvalue weighted by molar-refractivity contribution is 5.66. The van der Waals surface area contributed by atoms with Gasteiger partial charge in [-0.2, -0.15) is 0 Å². The number of ether oxygens (including phenoxy) is 1. The molecular weight excluding hydrogens is 202 g/mol. The molecule has 2 fully saturated rings. The molecule has 0 aromatic heterocycles. The highest BCUT2D eigenvalue weighted by Crippen LogP contribution is 2.39. The summed E-state index contributed by atoms with van der Waals surface area (Å²) in [5.74, 6) is -0.147. The van der Waals surface area contributed by atoms with Gasteiger partial charge in [-0.3, -0.25) is 9.69 Å². The van der Waals surface area contributed by atoms with Crippen LogP contribution in [-0.2, 0) is 9.53 Å². The number of carbonyl (C=O) groups is 1. The SMILES string of the molecule is CC(=O)OC1CCN1C1CCC(C)(C)CC1. The van der Waals surface area contributed by atoms with Crippen molar-refractivity contribution in [3.63, 3.8) is 0 Å². The first-order valence-electron chi connectivity index (χ1n) is 6.41. The molecule has 1 saturated carbocycles. The zero-order chi connectivity index (χ0) is 11.8. The van der Waals surface area contributed by atoms with Crippen molar-refractivity contribution >= 4 is 5.97 Å². The van der Waals surface area contributed by atoms with Crippen molar-refractivity contribution in [3.8, 4) is 0 Å². The standard InChI is InChI=1S/C13H23NO2/c1-10(15)16-12-6-9-14(12)11-4-7-13(2,3)8-5-11/h11-12H,4-9H2,1-3H3. The third kappa shape index (κ3) is 2.57. The lowest BCUT2D eigenvalue weighted by Gasteiger charge is -2.48. The van der Waals surface area contributed by atoms with Gasteiger partial charge >= 0.3 is 5.97 Å². The lowest BCUT2D eigenvalue weighted by Crippen LogP contribution is -2.56. The molecule has 1 unspecified atom stereocenters. The summed E-state index contributed by atoms with van der Waals surface area (Å²) in [6.45, 7) is 7.30. The monoisotopic (exact) mass is 225 g/mol. The Bertz CT molecular complexity index is 265. The Morgan fingerprint density at radius 2 is 1.88 bits per heavy atom. The van der Waals surface area contributed by atoms with E-state index in [4.69, 9.17) is 4.74 Å². The van der Waals surface area contributed by atoms with Crippen LogP contribution >= 0.6 is 0 Å². The van der Waals surface area contributed by atoms with E-state index in [1.54, 1.807) is 0 Å². The molecule has 0 spiro atoms. The van der Waals surface area contributed by atoms with E-state index in [-0.39, 0.29) is 12.2 Å². The third-order valence-electron chi connectivity index (χ3n) is 4.08. The lowest BCUT2D eigenvalue weighted by molar-refractivity contribution is -0.178. The number of nitrogens with zero attached hydrogens (tertiary/aromatic N) is 1. The number of esters is 1. The predicted molar refractivity (Wildman–Crippen MR) is 62.9 cm³/mol. The molecule has 16 heavy (non-hydrogen) atoms. The Morgan fingerprint density at radius 3 is 2.31 bits per heavy atom. The molecule has 3 nitrogen and oxygen atoms in total. The molecule has 92 valence electrons. The lowest BCUT2D eigenvalue weighted by atomic mass is 9.75. The van der Waals surface area contributed by atoms with E-state index in [0.29, 0.717) is 11.5 Å². The second kappa shape index (κ2) is 4.36. The zero-order valence-electron chi connectivity index (χ0n) is 10.7. The molecule has 0 radical (unpaired) electrons. The average molecular weight is 225 g/mol. The molecule has 1 heterocycles. The summed E-state index contributed by atoms with van der Waals surface area (Å²) in [6.07, 6.45) is 6.18. The van der Waals surface area contributed by atoms with Crippen molar-refractivity contribution in [1.82, 2.24) is 4.90 Å². The van der Waals surface area contributed by atoms with Crippen LogP contribution in [0.3, 0.4) is 0 Å². The number of rotatable bonds is 2. The van der Waals surface area contributed by atoms with Crippen molar-refractivity contribution in [2.24, 2.45) is 5.41 Å². The molecule has 2 rings (SSSR count). The summed E-state index contributed by atoms with van der Waals surface area (Å²) in [4.78, 5) is 13.3. The van der Waals surface area contributed by atoms with Crippen molar-refractivity contribution in [2.75, 3.05) is 6.54 Å². The maximum Gasteiger partial charge on any atom is 0.304 e. The minimum Gasteiger partial charge on any atom is -0.446 e. The van der Waals surface area contributed by atoms with Gasteiger partial charge in [0.15, 0.2) is 6.23 Å². The summed E-state index contributed by atoms with van der Waals surface area (Å²) < 4.78 is 5.29. The van der Waals surface area contributed by atoms with Gasteiger partial charge in [0, 0.05) is 25.9 Å². The third-order valence-corrected chi connectivity index (χ3v) is 4.08. The number of hydrogen-bond donors (Lipinski definition) is 0. The predicted octanol–water partition coefficient (Wildman–Crippen LogP) is 2.55. The molecule has 0 bridgehead atoms. The van der Waals surface area contributed by atoms with Crippen LogP contribution < -0.4 is 0 Å². The number of carbonyl (C=O) groups excluding carboxylic acids is 1. The van der Waals surface area contributed by atoms with E-state index >= 15 is 0 Å². The fourth-order valence-corrected chi connectivity index (χ4v) is 2.84. The van der Waals surface area contributed by atoms with Crippen molar-refractivity contribution in [2.45, 2.75) is 65.1 Å². The number of hydrogen-bond acceptors (Lipinski definition) is 3.